The van der Waals surface area contributed by atoms with Crippen LogP contribution in [0.25, 0.3) is 5.69 Å². The molecule has 1 amide bonds. The van der Waals surface area contributed by atoms with Gasteiger partial charge in [-0.15, -0.1) is 0 Å². The lowest BCUT2D eigenvalue weighted by Crippen LogP contribution is -2.37. The van der Waals surface area contributed by atoms with Crippen LogP contribution in [0.2, 0.25) is 0 Å². The van der Waals surface area contributed by atoms with E-state index in [1.165, 1.54) is 16.7 Å². The summed E-state index contributed by atoms with van der Waals surface area (Å²) in [4.78, 5) is 27.8. The SMILES string of the molecule is Cc1cccc(C(=O)N2C[C@@H]3C[C@H]2c2c(O)n(-c4ccc(C#N)c(C(F)(F)F)c4)c(=O)n23)c1. The number of likely N-dealkylation sites (tertiary alicyclic amines) is 1. The largest absolute Gasteiger partial charge is 0.493 e. The zero-order chi connectivity index (χ0) is 23.7. The third-order valence-electron chi connectivity index (χ3n) is 6.27. The molecule has 2 bridgehead atoms. The Morgan fingerprint density at radius 1 is 1.21 bits per heavy atom. The highest BCUT2D eigenvalue weighted by atomic mass is 19.4. The van der Waals surface area contributed by atoms with E-state index in [4.69, 9.17) is 5.26 Å². The standard InChI is InChI=1S/C23H17F3N4O3/c1-12-3-2-4-13(7-12)20(31)28-11-16-9-18(28)19-21(32)30(22(33)29(16)19)15-6-5-14(10-27)17(8-15)23(24,25)26/h2-8,16,18,32H,9,11H2,1H3/t16-,18-/m0/s1. The molecule has 7 nitrogen and oxygen atoms in total. The summed E-state index contributed by atoms with van der Waals surface area (Å²) >= 11 is 0. The summed E-state index contributed by atoms with van der Waals surface area (Å²) < 4.78 is 42.4. The van der Waals surface area contributed by atoms with E-state index in [9.17, 15) is 27.9 Å². The molecule has 1 fully saturated rings. The van der Waals surface area contributed by atoms with Crippen molar-refractivity contribution in [1.29, 1.82) is 5.26 Å². The second-order valence-corrected chi connectivity index (χ2v) is 8.27. The summed E-state index contributed by atoms with van der Waals surface area (Å²) in [5, 5.41) is 19.9. The number of carbonyl (C=O) groups is 1. The van der Waals surface area contributed by atoms with Crippen molar-refractivity contribution < 1.29 is 23.1 Å². The second-order valence-electron chi connectivity index (χ2n) is 8.27. The Morgan fingerprint density at radius 2 is 1.97 bits per heavy atom. The first-order valence-corrected chi connectivity index (χ1v) is 10.2. The van der Waals surface area contributed by atoms with Gasteiger partial charge in [-0.3, -0.25) is 9.36 Å². The highest BCUT2D eigenvalue weighted by molar-refractivity contribution is 5.95. The van der Waals surface area contributed by atoms with Gasteiger partial charge >= 0.3 is 11.9 Å². The van der Waals surface area contributed by atoms with Gasteiger partial charge in [0.2, 0.25) is 5.88 Å². The first-order valence-electron chi connectivity index (χ1n) is 10.2. The smallest absolute Gasteiger partial charge is 0.417 e. The van der Waals surface area contributed by atoms with Crippen molar-refractivity contribution in [2.24, 2.45) is 0 Å². The van der Waals surface area contributed by atoms with Gasteiger partial charge in [0.1, 0.15) is 5.69 Å². The summed E-state index contributed by atoms with van der Waals surface area (Å²) in [7, 11) is 0. The molecule has 2 aromatic carbocycles. The Labute approximate surface area is 185 Å². The Kier molecular flexibility index (Phi) is 4.43. The van der Waals surface area contributed by atoms with Crippen LogP contribution in [-0.4, -0.2) is 31.6 Å². The molecule has 2 aliphatic heterocycles. The van der Waals surface area contributed by atoms with Crippen molar-refractivity contribution in [3.63, 3.8) is 0 Å². The number of fused-ring (bicyclic) bond motifs is 5. The molecule has 5 rings (SSSR count). The molecule has 0 radical (unpaired) electrons. The predicted molar refractivity (Wildman–Crippen MR) is 110 cm³/mol. The third-order valence-corrected chi connectivity index (χ3v) is 6.27. The average molecular weight is 454 g/mol. The van der Waals surface area contributed by atoms with Gasteiger partial charge in [0, 0.05) is 12.1 Å². The number of aryl methyl sites for hydroxylation is 1. The minimum absolute atomic E-state index is 0.204. The molecule has 10 heteroatoms. The van der Waals surface area contributed by atoms with E-state index in [2.05, 4.69) is 0 Å². The fourth-order valence-corrected chi connectivity index (χ4v) is 4.85. The lowest BCUT2D eigenvalue weighted by atomic mass is 10.1. The number of nitriles is 1. The van der Waals surface area contributed by atoms with E-state index in [1.807, 2.05) is 13.0 Å². The van der Waals surface area contributed by atoms with Crippen LogP contribution in [0.15, 0.2) is 47.3 Å². The Balaban J connectivity index is 1.58. The maximum Gasteiger partial charge on any atom is 0.417 e. The molecule has 1 N–H and O–H groups in total. The first-order chi connectivity index (χ1) is 15.6. The summed E-state index contributed by atoms with van der Waals surface area (Å²) in [5.74, 6) is -0.748. The molecular formula is C23H17F3N4O3. The number of imidazole rings is 1. The molecule has 1 aromatic heterocycles. The molecule has 0 unspecified atom stereocenters. The minimum atomic E-state index is -4.81. The number of nitrogens with zero attached hydrogens (tertiary/aromatic N) is 4. The summed E-state index contributed by atoms with van der Waals surface area (Å²) in [5.41, 5.74) is -1.07. The lowest BCUT2D eigenvalue weighted by Gasteiger charge is -2.27. The number of rotatable bonds is 2. The molecule has 1 saturated heterocycles. The van der Waals surface area contributed by atoms with Crippen LogP contribution in [0, 0.1) is 18.3 Å². The van der Waals surface area contributed by atoms with Crippen molar-refractivity contribution in [1.82, 2.24) is 14.0 Å². The van der Waals surface area contributed by atoms with E-state index in [0.717, 1.165) is 16.2 Å². The molecule has 2 atom stereocenters. The number of halogens is 3. The number of carbonyl (C=O) groups excluding carboxylic acids is 1. The number of alkyl halides is 3. The highest BCUT2D eigenvalue weighted by Crippen LogP contribution is 2.49. The fourth-order valence-electron chi connectivity index (χ4n) is 4.85. The fraction of sp³-hybridized carbons (Fsp3) is 0.261. The maximum atomic E-state index is 13.4. The van der Waals surface area contributed by atoms with E-state index in [0.29, 0.717) is 18.1 Å². The van der Waals surface area contributed by atoms with Crippen molar-refractivity contribution >= 4 is 5.91 Å². The van der Waals surface area contributed by atoms with E-state index in [1.54, 1.807) is 23.1 Å². The van der Waals surface area contributed by atoms with Crippen LogP contribution in [-0.2, 0) is 6.18 Å². The lowest BCUT2D eigenvalue weighted by molar-refractivity contribution is -0.137. The summed E-state index contributed by atoms with van der Waals surface area (Å²) in [6.07, 6.45) is -4.36. The van der Waals surface area contributed by atoms with Crippen LogP contribution in [0.1, 0.15) is 51.2 Å². The third kappa shape index (κ3) is 3.03. The van der Waals surface area contributed by atoms with Crippen molar-refractivity contribution in [2.75, 3.05) is 6.54 Å². The molecule has 3 heterocycles. The van der Waals surface area contributed by atoms with Gasteiger partial charge in [-0.25, -0.2) is 9.36 Å². The van der Waals surface area contributed by atoms with Gasteiger partial charge in [0.05, 0.1) is 35.0 Å². The normalized spacial score (nSPS) is 18.9. The molecule has 0 saturated carbocycles. The number of hydrogen-bond donors (Lipinski definition) is 1. The molecule has 2 aliphatic rings. The number of aromatic hydroxyl groups is 1. The van der Waals surface area contributed by atoms with Crippen LogP contribution >= 0.6 is 0 Å². The Bertz CT molecular complexity index is 1410. The zero-order valence-corrected chi connectivity index (χ0v) is 17.3. The van der Waals surface area contributed by atoms with E-state index < -0.39 is 34.9 Å². The first kappa shape index (κ1) is 20.9. The van der Waals surface area contributed by atoms with Gasteiger partial charge < -0.3 is 10.0 Å². The zero-order valence-electron chi connectivity index (χ0n) is 17.3. The summed E-state index contributed by atoms with van der Waals surface area (Å²) in [6.45, 7) is 2.12. The van der Waals surface area contributed by atoms with Crippen LogP contribution in [0.3, 0.4) is 0 Å². The summed E-state index contributed by atoms with van der Waals surface area (Å²) in [6, 6.07) is 10.4. The number of benzene rings is 2. The minimum Gasteiger partial charge on any atom is -0.493 e. The predicted octanol–water partition coefficient (Wildman–Crippen LogP) is 3.69. The monoisotopic (exact) mass is 454 g/mol. The van der Waals surface area contributed by atoms with Gasteiger partial charge in [0.15, 0.2) is 0 Å². The average Bonchev–Trinajstić information content (AvgIpc) is 3.43. The van der Waals surface area contributed by atoms with Crippen LogP contribution in [0.4, 0.5) is 13.2 Å². The second kappa shape index (κ2) is 7.00. The highest BCUT2D eigenvalue weighted by Gasteiger charge is 2.49. The van der Waals surface area contributed by atoms with Crippen molar-refractivity contribution in [3.05, 3.63) is 80.9 Å². The Hall–Kier alpha value is -4.00. The molecule has 0 spiro atoms. The van der Waals surface area contributed by atoms with Crippen molar-refractivity contribution in [3.8, 4) is 17.6 Å². The molecule has 168 valence electrons. The number of hydrogen-bond acceptors (Lipinski definition) is 4. The van der Waals surface area contributed by atoms with E-state index in [-0.39, 0.29) is 29.9 Å². The molecule has 0 aliphatic carbocycles. The van der Waals surface area contributed by atoms with Crippen LogP contribution < -0.4 is 5.69 Å². The van der Waals surface area contributed by atoms with Gasteiger partial charge in [-0.05, 0) is 43.7 Å². The van der Waals surface area contributed by atoms with Gasteiger partial charge in [-0.1, -0.05) is 17.7 Å². The topological polar surface area (TPSA) is 91.3 Å². The molecule has 33 heavy (non-hydrogen) atoms. The van der Waals surface area contributed by atoms with Gasteiger partial charge in [-0.2, -0.15) is 18.4 Å². The number of amides is 1. The quantitative estimate of drug-likeness (QED) is 0.640. The maximum absolute atomic E-state index is 13.4. The molecule has 3 aromatic rings. The van der Waals surface area contributed by atoms with E-state index >= 15 is 0 Å². The van der Waals surface area contributed by atoms with Crippen molar-refractivity contribution in [2.45, 2.75) is 31.6 Å². The molecular weight excluding hydrogens is 437 g/mol. The van der Waals surface area contributed by atoms with Gasteiger partial charge in [0.25, 0.3) is 5.91 Å². The van der Waals surface area contributed by atoms with Crippen LogP contribution in [0.5, 0.6) is 5.88 Å². The number of aromatic nitrogens is 2. The Morgan fingerprint density at radius 3 is 2.64 bits per heavy atom.